The highest BCUT2D eigenvalue weighted by Gasteiger charge is 2.45. The molecule has 9 nitrogen and oxygen atoms in total. The van der Waals surface area contributed by atoms with Gasteiger partial charge in [-0.3, -0.25) is 10.3 Å². The molecule has 0 saturated heterocycles. The number of ether oxygens (including phenoxy) is 2. The van der Waals surface area contributed by atoms with E-state index in [0.29, 0.717) is 41.1 Å². The minimum Gasteiger partial charge on any atom is -0.491 e. The van der Waals surface area contributed by atoms with Crippen LogP contribution in [-0.4, -0.2) is 52.9 Å². The Morgan fingerprint density at radius 3 is 2.64 bits per heavy atom. The number of benzene rings is 1. The Balaban J connectivity index is 1.30. The normalized spacial score (nSPS) is 19.9. The topological polar surface area (TPSA) is 102 Å². The summed E-state index contributed by atoms with van der Waals surface area (Å²) in [6.45, 7) is 6.49. The molecule has 0 radical (unpaired) electrons. The van der Waals surface area contributed by atoms with Crippen LogP contribution in [0.25, 0.3) is 10.9 Å². The van der Waals surface area contributed by atoms with Crippen molar-refractivity contribution in [2.45, 2.75) is 57.6 Å². The monoisotopic (exact) mass is 551 g/mol. The van der Waals surface area contributed by atoms with Crippen molar-refractivity contribution in [2.75, 3.05) is 26.0 Å². The third-order valence-electron chi connectivity index (χ3n) is 7.40. The second-order valence-electron chi connectivity index (χ2n) is 10.7. The highest BCUT2D eigenvalue weighted by molar-refractivity contribution is 6.30. The number of pyridine rings is 1. The summed E-state index contributed by atoms with van der Waals surface area (Å²) < 4.78 is 17.8. The Bertz CT molecular complexity index is 1460. The summed E-state index contributed by atoms with van der Waals surface area (Å²) in [5.74, 6) is 2.50. The quantitative estimate of drug-likeness (QED) is 0.339. The SMILES string of the molecule is CCc1cc2c(O[C@]3(C)C=CC(NC(=O)Nc4cc(C)on4)=C(Cl)C3)ccnc2cc1OCC1(N(C)C)CC1. The smallest absolute Gasteiger partial charge is 0.324 e. The van der Waals surface area contributed by atoms with Gasteiger partial charge in [-0.15, -0.1) is 0 Å². The molecule has 0 unspecified atom stereocenters. The Kier molecular flexibility index (Phi) is 7.31. The number of carbonyl (C=O) groups excluding carboxylic acids is 1. The molecule has 5 rings (SSSR count). The zero-order valence-corrected chi connectivity index (χ0v) is 23.7. The number of rotatable bonds is 9. The van der Waals surface area contributed by atoms with Gasteiger partial charge < -0.3 is 24.2 Å². The molecule has 2 heterocycles. The second kappa shape index (κ2) is 10.5. The molecule has 2 N–H and O–H groups in total. The van der Waals surface area contributed by atoms with Crippen LogP contribution < -0.4 is 20.1 Å². The number of likely N-dealkylation sites (N-methyl/N-ethyl adjacent to an activating group) is 1. The van der Waals surface area contributed by atoms with Crippen molar-refractivity contribution in [3.8, 4) is 11.5 Å². The van der Waals surface area contributed by atoms with E-state index in [2.05, 4.69) is 52.8 Å². The number of nitrogens with zero attached hydrogens (tertiary/aromatic N) is 3. The largest absolute Gasteiger partial charge is 0.491 e. The molecule has 2 aliphatic rings. The Labute approximate surface area is 233 Å². The zero-order valence-electron chi connectivity index (χ0n) is 22.9. The molecule has 2 amide bonds. The first-order valence-electron chi connectivity index (χ1n) is 13.1. The minimum atomic E-state index is -0.720. The fourth-order valence-electron chi connectivity index (χ4n) is 4.71. The van der Waals surface area contributed by atoms with Crippen molar-refractivity contribution in [1.82, 2.24) is 20.4 Å². The van der Waals surface area contributed by atoms with Gasteiger partial charge in [-0.05, 0) is 77.1 Å². The van der Waals surface area contributed by atoms with Crippen molar-refractivity contribution in [3.63, 3.8) is 0 Å². The van der Waals surface area contributed by atoms with Crippen LogP contribution in [-0.2, 0) is 6.42 Å². The fourth-order valence-corrected chi connectivity index (χ4v) is 5.08. The molecule has 0 spiro atoms. The maximum atomic E-state index is 12.4. The van der Waals surface area contributed by atoms with Gasteiger partial charge in [0.05, 0.1) is 16.8 Å². The molecule has 1 atom stereocenters. The maximum Gasteiger partial charge on any atom is 0.324 e. The van der Waals surface area contributed by atoms with Gasteiger partial charge in [-0.25, -0.2) is 4.79 Å². The van der Waals surface area contributed by atoms with Crippen LogP contribution in [0, 0.1) is 6.92 Å². The van der Waals surface area contributed by atoms with E-state index in [0.717, 1.165) is 41.5 Å². The summed E-state index contributed by atoms with van der Waals surface area (Å²) >= 11 is 6.61. The van der Waals surface area contributed by atoms with Crippen molar-refractivity contribution in [2.24, 2.45) is 0 Å². The highest BCUT2D eigenvalue weighted by atomic mass is 35.5. The summed E-state index contributed by atoms with van der Waals surface area (Å²) in [5, 5.41) is 10.5. The standard InChI is InChI=1S/C29H34ClN5O4/c1-6-19-14-20-23(15-25(19)37-17-29(10-11-29)35(4)5)31-12-8-24(20)38-28(3)9-7-22(21(30)16-28)32-27(36)33-26-13-18(2)39-34-26/h7-9,12-15H,6,10-11,16-17H2,1-5H3,(H2,32,33,34,36)/t28-/m1/s1. The van der Waals surface area contributed by atoms with Gasteiger partial charge >= 0.3 is 6.03 Å². The van der Waals surface area contributed by atoms with Crippen LogP contribution in [0.5, 0.6) is 11.5 Å². The van der Waals surface area contributed by atoms with Crippen LogP contribution in [0.3, 0.4) is 0 Å². The van der Waals surface area contributed by atoms with Gasteiger partial charge in [-0.1, -0.05) is 23.7 Å². The van der Waals surface area contributed by atoms with Gasteiger partial charge in [0.25, 0.3) is 0 Å². The van der Waals surface area contributed by atoms with Crippen molar-refractivity contribution < 1.29 is 18.8 Å². The van der Waals surface area contributed by atoms with Gasteiger partial charge in [0.1, 0.15) is 29.5 Å². The van der Waals surface area contributed by atoms with Crippen molar-refractivity contribution in [1.29, 1.82) is 0 Å². The van der Waals surface area contributed by atoms with Crippen LogP contribution in [0.15, 0.2) is 57.9 Å². The average Bonchev–Trinajstić information content (AvgIpc) is 3.59. The van der Waals surface area contributed by atoms with E-state index >= 15 is 0 Å². The van der Waals surface area contributed by atoms with Crippen LogP contribution >= 0.6 is 11.6 Å². The number of amides is 2. The minimum absolute atomic E-state index is 0.136. The number of hydrogen-bond acceptors (Lipinski definition) is 7. The van der Waals surface area contributed by atoms with Crippen LogP contribution in [0.1, 0.15) is 44.4 Å². The van der Waals surface area contributed by atoms with Crippen molar-refractivity contribution in [3.05, 3.63) is 64.7 Å². The molecular formula is C29H34ClN5O4. The molecule has 0 bridgehead atoms. The van der Waals surface area contributed by atoms with E-state index < -0.39 is 11.6 Å². The van der Waals surface area contributed by atoms with Gasteiger partial charge in [-0.2, -0.15) is 0 Å². The number of halogens is 1. The summed E-state index contributed by atoms with van der Waals surface area (Å²) in [6, 6.07) is 7.15. The van der Waals surface area contributed by atoms with E-state index in [1.165, 1.54) is 0 Å². The fraction of sp³-hybridized carbons (Fsp3) is 0.414. The number of hydrogen-bond donors (Lipinski definition) is 2. The number of urea groups is 1. The highest BCUT2D eigenvalue weighted by Crippen LogP contribution is 2.42. The average molecular weight is 552 g/mol. The Morgan fingerprint density at radius 1 is 1.21 bits per heavy atom. The van der Waals surface area contributed by atoms with Gasteiger partial charge in [0.15, 0.2) is 5.82 Å². The van der Waals surface area contributed by atoms with Crippen LogP contribution in [0.2, 0.25) is 0 Å². The molecule has 2 aromatic heterocycles. The van der Waals surface area contributed by atoms with E-state index in [1.54, 1.807) is 25.3 Å². The first-order chi connectivity index (χ1) is 18.6. The number of carbonyl (C=O) groups is 1. The third kappa shape index (κ3) is 5.89. The van der Waals surface area contributed by atoms with E-state index in [-0.39, 0.29) is 5.54 Å². The lowest BCUT2D eigenvalue weighted by Crippen LogP contribution is -2.36. The molecule has 3 aromatic rings. The predicted molar refractivity (Wildman–Crippen MR) is 151 cm³/mol. The van der Waals surface area contributed by atoms with E-state index in [1.807, 2.05) is 25.1 Å². The number of allylic oxidation sites excluding steroid dienone is 1. The third-order valence-corrected chi connectivity index (χ3v) is 7.74. The Hall–Kier alpha value is -3.56. The molecule has 0 aliphatic heterocycles. The van der Waals surface area contributed by atoms with E-state index in [4.69, 9.17) is 25.6 Å². The second-order valence-corrected chi connectivity index (χ2v) is 11.1. The molecule has 2 aliphatic carbocycles. The molecule has 39 heavy (non-hydrogen) atoms. The summed E-state index contributed by atoms with van der Waals surface area (Å²) in [4.78, 5) is 19.2. The first-order valence-corrected chi connectivity index (χ1v) is 13.5. The first kappa shape index (κ1) is 27.0. The molecule has 206 valence electrons. The van der Waals surface area contributed by atoms with Crippen LogP contribution in [0.4, 0.5) is 10.6 Å². The summed E-state index contributed by atoms with van der Waals surface area (Å²) in [6.07, 6.45) is 8.90. The molecule has 1 aromatic carbocycles. The number of anilines is 1. The molecule has 1 saturated carbocycles. The van der Waals surface area contributed by atoms with Crippen molar-refractivity contribution >= 4 is 34.4 Å². The zero-order chi connectivity index (χ0) is 27.8. The Morgan fingerprint density at radius 2 is 2.00 bits per heavy atom. The molecular weight excluding hydrogens is 518 g/mol. The van der Waals surface area contributed by atoms with E-state index in [9.17, 15) is 4.79 Å². The molecule has 1 fully saturated rings. The lowest BCUT2D eigenvalue weighted by atomic mass is 9.95. The van der Waals surface area contributed by atoms with Gasteiger partial charge in [0.2, 0.25) is 0 Å². The lowest BCUT2D eigenvalue weighted by molar-refractivity contribution is 0.143. The number of aryl methyl sites for hydroxylation is 2. The molecule has 10 heteroatoms. The summed E-state index contributed by atoms with van der Waals surface area (Å²) in [7, 11) is 4.22. The van der Waals surface area contributed by atoms with Gasteiger partial charge in [0, 0.05) is 35.2 Å². The number of aromatic nitrogens is 2. The maximum absolute atomic E-state index is 12.4. The number of fused-ring (bicyclic) bond motifs is 1. The summed E-state index contributed by atoms with van der Waals surface area (Å²) in [5.41, 5.74) is 1.83. The lowest BCUT2D eigenvalue weighted by Gasteiger charge is -2.31. The predicted octanol–water partition coefficient (Wildman–Crippen LogP) is 5.94. The number of nitrogens with one attached hydrogen (secondary N) is 2.